The lowest BCUT2D eigenvalue weighted by Gasteiger charge is -2.10. The lowest BCUT2D eigenvalue weighted by atomic mass is 10.0. The SMILES string of the molecule is CCOC(=O)c1cc(-c2ccc(Cl)cc2)nc2ccc(Br)cc12. The van der Waals surface area contributed by atoms with Crippen LogP contribution in [-0.4, -0.2) is 17.6 Å². The first kappa shape index (κ1) is 16.0. The zero-order valence-electron chi connectivity index (χ0n) is 12.3. The average Bonchev–Trinajstić information content (AvgIpc) is 2.55. The number of ether oxygens (including phenoxy) is 1. The summed E-state index contributed by atoms with van der Waals surface area (Å²) in [5.41, 5.74) is 2.84. The fourth-order valence-electron chi connectivity index (χ4n) is 2.34. The average molecular weight is 391 g/mol. The van der Waals surface area contributed by atoms with Gasteiger partial charge in [0.25, 0.3) is 0 Å². The molecule has 3 rings (SSSR count). The van der Waals surface area contributed by atoms with Gasteiger partial charge in [-0.2, -0.15) is 0 Å². The molecule has 5 heteroatoms. The van der Waals surface area contributed by atoms with E-state index < -0.39 is 0 Å². The number of aromatic nitrogens is 1. The van der Waals surface area contributed by atoms with Crippen molar-refractivity contribution in [3.63, 3.8) is 0 Å². The number of benzene rings is 2. The number of pyridine rings is 1. The number of hydrogen-bond acceptors (Lipinski definition) is 3. The first-order valence-corrected chi connectivity index (χ1v) is 8.29. The topological polar surface area (TPSA) is 39.2 Å². The maximum absolute atomic E-state index is 12.3. The zero-order valence-corrected chi connectivity index (χ0v) is 14.7. The first-order valence-electron chi connectivity index (χ1n) is 7.12. The largest absolute Gasteiger partial charge is 0.462 e. The molecule has 0 bridgehead atoms. The Labute approximate surface area is 147 Å². The Hall–Kier alpha value is -1.91. The van der Waals surface area contributed by atoms with Crippen LogP contribution in [0.2, 0.25) is 5.02 Å². The molecule has 0 amide bonds. The summed E-state index contributed by atoms with van der Waals surface area (Å²) in [4.78, 5) is 17.0. The van der Waals surface area contributed by atoms with Gasteiger partial charge in [0, 0.05) is 20.4 Å². The highest BCUT2D eigenvalue weighted by Gasteiger charge is 2.15. The van der Waals surface area contributed by atoms with Crippen LogP contribution in [0.3, 0.4) is 0 Å². The van der Waals surface area contributed by atoms with Gasteiger partial charge in [-0.1, -0.05) is 39.7 Å². The first-order chi connectivity index (χ1) is 11.1. The molecule has 0 N–H and O–H groups in total. The van der Waals surface area contributed by atoms with Gasteiger partial charge in [-0.05, 0) is 43.3 Å². The minimum absolute atomic E-state index is 0.326. The molecular weight excluding hydrogens is 378 g/mol. The highest BCUT2D eigenvalue weighted by Crippen LogP contribution is 2.28. The highest BCUT2D eigenvalue weighted by atomic mass is 79.9. The van der Waals surface area contributed by atoms with Crippen molar-refractivity contribution >= 4 is 44.4 Å². The quantitative estimate of drug-likeness (QED) is 0.555. The second-order valence-electron chi connectivity index (χ2n) is 4.94. The molecule has 1 aromatic heterocycles. The van der Waals surface area contributed by atoms with Gasteiger partial charge in [0.15, 0.2) is 0 Å². The lowest BCUT2D eigenvalue weighted by Crippen LogP contribution is -2.06. The van der Waals surface area contributed by atoms with Crippen LogP contribution in [0.15, 0.2) is 53.0 Å². The van der Waals surface area contributed by atoms with Crippen molar-refractivity contribution in [1.29, 1.82) is 0 Å². The number of carbonyl (C=O) groups is 1. The molecule has 0 fully saturated rings. The van der Waals surface area contributed by atoms with Crippen LogP contribution in [0, 0.1) is 0 Å². The monoisotopic (exact) mass is 389 g/mol. The van der Waals surface area contributed by atoms with Gasteiger partial charge < -0.3 is 4.74 Å². The summed E-state index contributed by atoms with van der Waals surface area (Å²) < 4.78 is 6.07. The van der Waals surface area contributed by atoms with Crippen LogP contribution in [0.4, 0.5) is 0 Å². The number of fused-ring (bicyclic) bond motifs is 1. The van der Waals surface area contributed by atoms with Gasteiger partial charge in [0.1, 0.15) is 0 Å². The standard InChI is InChI=1S/C18H13BrClNO2/c1-2-23-18(22)15-10-17(11-3-6-13(20)7-4-11)21-16-8-5-12(19)9-14(15)16/h3-10H,2H2,1H3. The molecule has 0 unspecified atom stereocenters. The Morgan fingerprint density at radius 2 is 1.91 bits per heavy atom. The number of hydrogen-bond donors (Lipinski definition) is 0. The van der Waals surface area contributed by atoms with Crippen LogP contribution >= 0.6 is 27.5 Å². The Balaban J connectivity index is 2.22. The van der Waals surface area contributed by atoms with Gasteiger partial charge in [0.05, 0.1) is 23.4 Å². The summed E-state index contributed by atoms with van der Waals surface area (Å²) >= 11 is 9.37. The molecule has 1 heterocycles. The van der Waals surface area contributed by atoms with Crippen molar-refractivity contribution in [1.82, 2.24) is 4.98 Å². The van der Waals surface area contributed by atoms with Gasteiger partial charge in [0.2, 0.25) is 0 Å². The molecule has 0 aliphatic heterocycles. The maximum Gasteiger partial charge on any atom is 0.338 e. The molecular formula is C18H13BrClNO2. The molecule has 0 spiro atoms. The normalized spacial score (nSPS) is 10.7. The third-order valence-electron chi connectivity index (χ3n) is 3.41. The van der Waals surface area contributed by atoms with E-state index >= 15 is 0 Å². The Kier molecular flexibility index (Phi) is 4.64. The van der Waals surface area contributed by atoms with E-state index in [1.54, 1.807) is 25.1 Å². The predicted molar refractivity (Wildman–Crippen MR) is 95.8 cm³/mol. The van der Waals surface area contributed by atoms with E-state index in [1.807, 2.05) is 30.3 Å². The minimum atomic E-state index is -0.354. The number of carbonyl (C=O) groups excluding carboxylic acids is 1. The Morgan fingerprint density at radius 3 is 2.61 bits per heavy atom. The number of halogens is 2. The van der Waals surface area contributed by atoms with Gasteiger partial charge in [-0.3, -0.25) is 0 Å². The number of esters is 1. The van der Waals surface area contributed by atoms with E-state index in [2.05, 4.69) is 20.9 Å². The molecule has 0 saturated heterocycles. The van der Waals surface area contributed by atoms with E-state index in [0.717, 1.165) is 20.9 Å². The molecule has 0 aliphatic carbocycles. The van der Waals surface area contributed by atoms with Crippen LogP contribution in [0.25, 0.3) is 22.2 Å². The van der Waals surface area contributed by atoms with Crippen molar-refractivity contribution in [2.75, 3.05) is 6.61 Å². The van der Waals surface area contributed by atoms with Crippen molar-refractivity contribution in [2.24, 2.45) is 0 Å². The molecule has 3 aromatic rings. The predicted octanol–water partition coefficient (Wildman–Crippen LogP) is 5.49. The van der Waals surface area contributed by atoms with Gasteiger partial charge in [-0.25, -0.2) is 9.78 Å². The van der Waals surface area contributed by atoms with Crippen molar-refractivity contribution in [3.8, 4) is 11.3 Å². The lowest BCUT2D eigenvalue weighted by molar-refractivity contribution is 0.0528. The third kappa shape index (κ3) is 3.38. The summed E-state index contributed by atoms with van der Waals surface area (Å²) in [5, 5.41) is 1.42. The maximum atomic E-state index is 12.3. The summed E-state index contributed by atoms with van der Waals surface area (Å²) in [7, 11) is 0. The summed E-state index contributed by atoms with van der Waals surface area (Å²) in [5.74, 6) is -0.354. The third-order valence-corrected chi connectivity index (χ3v) is 4.15. The second-order valence-corrected chi connectivity index (χ2v) is 6.30. The van der Waals surface area contributed by atoms with E-state index in [0.29, 0.717) is 22.9 Å². The van der Waals surface area contributed by atoms with Gasteiger partial charge in [-0.15, -0.1) is 0 Å². The highest BCUT2D eigenvalue weighted by molar-refractivity contribution is 9.10. The van der Waals surface area contributed by atoms with Crippen LogP contribution < -0.4 is 0 Å². The van der Waals surface area contributed by atoms with Crippen LogP contribution in [0.5, 0.6) is 0 Å². The van der Waals surface area contributed by atoms with Gasteiger partial charge >= 0.3 is 5.97 Å². The van der Waals surface area contributed by atoms with Crippen LogP contribution in [0.1, 0.15) is 17.3 Å². The second kappa shape index (κ2) is 6.69. The minimum Gasteiger partial charge on any atom is -0.462 e. The van der Waals surface area contributed by atoms with E-state index in [-0.39, 0.29) is 5.97 Å². The summed E-state index contributed by atoms with van der Waals surface area (Å²) in [6.07, 6.45) is 0. The number of rotatable bonds is 3. The van der Waals surface area contributed by atoms with Crippen LogP contribution in [-0.2, 0) is 4.74 Å². The Bertz CT molecular complexity index is 878. The fraction of sp³-hybridized carbons (Fsp3) is 0.111. The summed E-state index contributed by atoms with van der Waals surface area (Å²) in [6.45, 7) is 2.12. The molecule has 0 atom stereocenters. The molecule has 3 nitrogen and oxygen atoms in total. The molecule has 0 saturated carbocycles. The fourth-order valence-corrected chi connectivity index (χ4v) is 2.83. The molecule has 116 valence electrons. The summed E-state index contributed by atoms with van der Waals surface area (Å²) in [6, 6.07) is 14.8. The van der Waals surface area contributed by atoms with Crippen molar-refractivity contribution in [3.05, 3.63) is 63.6 Å². The van der Waals surface area contributed by atoms with E-state index in [9.17, 15) is 4.79 Å². The molecule has 23 heavy (non-hydrogen) atoms. The van der Waals surface area contributed by atoms with Crippen molar-refractivity contribution < 1.29 is 9.53 Å². The number of nitrogens with zero attached hydrogens (tertiary/aromatic N) is 1. The molecule has 0 radical (unpaired) electrons. The van der Waals surface area contributed by atoms with Crippen molar-refractivity contribution in [2.45, 2.75) is 6.92 Å². The molecule has 0 aliphatic rings. The van der Waals surface area contributed by atoms with E-state index in [4.69, 9.17) is 16.3 Å². The molecule has 2 aromatic carbocycles. The zero-order chi connectivity index (χ0) is 16.4. The Morgan fingerprint density at radius 1 is 1.17 bits per heavy atom. The van der Waals surface area contributed by atoms with E-state index in [1.165, 1.54) is 0 Å². The smallest absolute Gasteiger partial charge is 0.338 e.